The van der Waals surface area contributed by atoms with Gasteiger partial charge in [-0.05, 0) is 44.1 Å². The number of hydrogen-bond donors (Lipinski definition) is 0. The van der Waals surface area contributed by atoms with Crippen LogP contribution in [0.4, 0.5) is 0 Å². The molecule has 0 aromatic heterocycles. The van der Waals surface area contributed by atoms with E-state index in [-0.39, 0.29) is 11.5 Å². The van der Waals surface area contributed by atoms with Crippen LogP contribution < -0.4 is 4.74 Å². The van der Waals surface area contributed by atoms with Crippen LogP contribution >= 0.6 is 0 Å². The van der Waals surface area contributed by atoms with Crippen LogP contribution in [0.3, 0.4) is 0 Å². The van der Waals surface area contributed by atoms with Crippen LogP contribution in [0, 0.1) is 11.8 Å². The molecule has 4 unspecified atom stereocenters. The van der Waals surface area contributed by atoms with E-state index in [1.165, 1.54) is 50.5 Å². The van der Waals surface area contributed by atoms with E-state index in [0.717, 1.165) is 17.6 Å². The highest BCUT2D eigenvalue weighted by Gasteiger charge is 2.37. The summed E-state index contributed by atoms with van der Waals surface area (Å²) in [6, 6.07) is 8.36. The molecule has 0 amide bonds. The Hall–Kier alpha value is -1.02. The molecule has 0 N–H and O–H groups in total. The molecule has 4 atom stereocenters. The van der Waals surface area contributed by atoms with E-state index in [4.69, 9.17) is 9.47 Å². The zero-order valence-electron chi connectivity index (χ0n) is 15.9. The quantitative estimate of drug-likeness (QED) is 0.685. The highest BCUT2D eigenvalue weighted by atomic mass is 16.5. The average molecular weight is 331 g/mol. The van der Waals surface area contributed by atoms with E-state index < -0.39 is 0 Å². The Morgan fingerprint density at radius 2 is 1.71 bits per heavy atom. The van der Waals surface area contributed by atoms with Crippen molar-refractivity contribution in [2.75, 3.05) is 7.11 Å². The number of rotatable bonds is 5. The third kappa shape index (κ3) is 3.64. The van der Waals surface area contributed by atoms with Crippen LogP contribution in [0.25, 0.3) is 0 Å². The van der Waals surface area contributed by atoms with Gasteiger partial charge in [-0.15, -0.1) is 0 Å². The summed E-state index contributed by atoms with van der Waals surface area (Å²) in [4.78, 5) is 0. The highest BCUT2D eigenvalue weighted by Crippen LogP contribution is 2.43. The second kappa shape index (κ2) is 7.47. The Bertz CT molecular complexity index is 537. The Morgan fingerprint density at radius 3 is 2.46 bits per heavy atom. The van der Waals surface area contributed by atoms with Gasteiger partial charge >= 0.3 is 0 Å². The van der Waals surface area contributed by atoms with E-state index in [9.17, 15) is 0 Å². The molecule has 0 radical (unpaired) electrons. The predicted octanol–water partition coefficient (Wildman–Crippen LogP) is 5.74. The van der Waals surface area contributed by atoms with Crippen LogP contribution in [-0.4, -0.2) is 19.3 Å². The van der Waals surface area contributed by atoms with E-state index in [1.54, 1.807) is 7.11 Å². The smallest absolute Gasteiger partial charge is 0.122 e. The molecule has 0 saturated heterocycles. The minimum absolute atomic E-state index is 0.0595. The molecule has 3 rings (SSSR count). The second-order valence-electron chi connectivity index (χ2n) is 8.44. The maximum absolute atomic E-state index is 6.60. The topological polar surface area (TPSA) is 18.5 Å². The molecule has 24 heavy (non-hydrogen) atoms. The van der Waals surface area contributed by atoms with Gasteiger partial charge in [0.25, 0.3) is 0 Å². The molecule has 1 aromatic carbocycles. The molecule has 2 nitrogen and oxygen atoms in total. The number of fused-ring (bicyclic) bond motifs is 1. The van der Waals surface area contributed by atoms with Crippen molar-refractivity contribution in [3.8, 4) is 5.75 Å². The Morgan fingerprint density at radius 1 is 1.00 bits per heavy atom. The van der Waals surface area contributed by atoms with E-state index in [0.29, 0.717) is 6.10 Å². The van der Waals surface area contributed by atoms with Gasteiger partial charge in [0.05, 0.1) is 19.3 Å². The van der Waals surface area contributed by atoms with Crippen molar-refractivity contribution in [1.82, 2.24) is 0 Å². The Balaban J connectivity index is 1.66. The van der Waals surface area contributed by atoms with Gasteiger partial charge in [0.15, 0.2) is 0 Å². The van der Waals surface area contributed by atoms with Crippen LogP contribution in [0.5, 0.6) is 5.75 Å². The molecular formula is C22H34O2. The largest absolute Gasteiger partial charge is 0.496 e. The van der Waals surface area contributed by atoms with E-state index >= 15 is 0 Å². The molecule has 2 aliphatic carbocycles. The van der Waals surface area contributed by atoms with Crippen LogP contribution in [0.1, 0.15) is 71.3 Å². The summed E-state index contributed by atoms with van der Waals surface area (Å²) < 4.78 is 12.2. The lowest BCUT2D eigenvalue weighted by Gasteiger charge is -2.42. The monoisotopic (exact) mass is 330 g/mol. The standard InChI is InChI=1S/C22H34O2/c1-16(22(2,3)20-11-7-8-12-21(20)23-4)24-19-14-13-17-9-5-6-10-18(17)15-19/h7-8,11-12,16-19H,5-6,9-10,13-15H2,1-4H3. The van der Waals surface area contributed by atoms with Crippen molar-refractivity contribution in [3.63, 3.8) is 0 Å². The van der Waals surface area contributed by atoms with Gasteiger partial charge in [0.2, 0.25) is 0 Å². The number of ether oxygens (including phenoxy) is 2. The van der Waals surface area contributed by atoms with Gasteiger partial charge in [-0.2, -0.15) is 0 Å². The first-order valence-corrected chi connectivity index (χ1v) is 9.81. The maximum atomic E-state index is 6.60. The summed E-state index contributed by atoms with van der Waals surface area (Å²) in [5.41, 5.74) is 1.18. The zero-order valence-corrected chi connectivity index (χ0v) is 15.9. The fourth-order valence-corrected chi connectivity index (χ4v) is 4.81. The Kier molecular flexibility index (Phi) is 5.54. The molecule has 134 valence electrons. The normalized spacial score (nSPS) is 28.9. The summed E-state index contributed by atoms with van der Waals surface area (Å²) in [5, 5.41) is 0. The molecular weight excluding hydrogens is 296 g/mol. The third-order valence-corrected chi connectivity index (χ3v) is 6.71. The molecule has 2 heteroatoms. The van der Waals surface area contributed by atoms with Crippen molar-refractivity contribution in [3.05, 3.63) is 29.8 Å². The van der Waals surface area contributed by atoms with E-state index in [2.05, 4.69) is 39.0 Å². The fourth-order valence-electron chi connectivity index (χ4n) is 4.81. The number of hydrogen-bond acceptors (Lipinski definition) is 2. The summed E-state index contributed by atoms with van der Waals surface area (Å²) in [5.74, 6) is 2.86. The predicted molar refractivity (Wildman–Crippen MR) is 99.7 cm³/mol. The van der Waals surface area contributed by atoms with Gasteiger partial charge in [-0.25, -0.2) is 0 Å². The molecule has 0 bridgehead atoms. The Labute approximate surface area is 147 Å². The lowest BCUT2D eigenvalue weighted by molar-refractivity contribution is -0.0738. The number of para-hydroxylation sites is 1. The van der Waals surface area contributed by atoms with Crippen LogP contribution in [0.15, 0.2) is 24.3 Å². The molecule has 1 aromatic rings. The lowest BCUT2D eigenvalue weighted by atomic mass is 9.70. The zero-order chi connectivity index (χ0) is 17.2. The van der Waals surface area contributed by atoms with Crippen molar-refractivity contribution in [2.45, 2.75) is 83.3 Å². The second-order valence-corrected chi connectivity index (χ2v) is 8.44. The molecule has 0 spiro atoms. The van der Waals surface area contributed by atoms with Gasteiger partial charge in [0.1, 0.15) is 5.75 Å². The van der Waals surface area contributed by atoms with Crippen molar-refractivity contribution >= 4 is 0 Å². The summed E-state index contributed by atoms with van der Waals surface area (Å²) in [7, 11) is 1.75. The summed E-state index contributed by atoms with van der Waals surface area (Å²) in [6.07, 6.45) is 10.3. The van der Waals surface area contributed by atoms with Gasteiger partial charge in [0, 0.05) is 11.0 Å². The number of benzene rings is 1. The molecule has 0 heterocycles. The van der Waals surface area contributed by atoms with Gasteiger partial charge in [-0.1, -0.05) is 57.7 Å². The van der Waals surface area contributed by atoms with Gasteiger partial charge < -0.3 is 9.47 Å². The van der Waals surface area contributed by atoms with E-state index in [1.807, 2.05) is 6.07 Å². The van der Waals surface area contributed by atoms with Gasteiger partial charge in [-0.3, -0.25) is 0 Å². The van der Waals surface area contributed by atoms with Crippen molar-refractivity contribution in [2.24, 2.45) is 11.8 Å². The summed E-state index contributed by atoms with van der Waals surface area (Å²) in [6.45, 7) is 6.79. The first-order valence-electron chi connectivity index (χ1n) is 9.81. The minimum Gasteiger partial charge on any atom is -0.496 e. The first kappa shape index (κ1) is 17.8. The lowest BCUT2D eigenvalue weighted by Crippen LogP contribution is -2.40. The first-order chi connectivity index (χ1) is 11.5. The average Bonchev–Trinajstić information content (AvgIpc) is 2.61. The van der Waals surface area contributed by atoms with Crippen LogP contribution in [0.2, 0.25) is 0 Å². The van der Waals surface area contributed by atoms with Crippen molar-refractivity contribution < 1.29 is 9.47 Å². The maximum Gasteiger partial charge on any atom is 0.122 e. The molecule has 0 aliphatic heterocycles. The number of methoxy groups -OCH3 is 1. The third-order valence-electron chi connectivity index (χ3n) is 6.71. The molecule has 2 saturated carbocycles. The minimum atomic E-state index is -0.0595. The fraction of sp³-hybridized carbons (Fsp3) is 0.727. The SMILES string of the molecule is COc1ccccc1C(C)(C)C(C)OC1CCC2CCCCC2C1. The summed E-state index contributed by atoms with van der Waals surface area (Å²) >= 11 is 0. The molecule has 2 aliphatic rings. The molecule has 2 fully saturated rings. The van der Waals surface area contributed by atoms with Crippen molar-refractivity contribution in [1.29, 1.82) is 0 Å². The highest BCUT2D eigenvalue weighted by molar-refractivity contribution is 5.39. The van der Waals surface area contributed by atoms with Crippen LogP contribution in [-0.2, 0) is 10.2 Å².